The van der Waals surface area contributed by atoms with Gasteiger partial charge in [0.25, 0.3) is 0 Å². The van der Waals surface area contributed by atoms with Crippen molar-refractivity contribution >= 4 is 45.6 Å². The Labute approximate surface area is 204 Å². The van der Waals surface area contributed by atoms with Crippen LogP contribution in [0.25, 0.3) is 10.9 Å². The zero-order valence-electron chi connectivity index (χ0n) is 18.5. The third kappa shape index (κ3) is 5.18. The molecule has 0 aliphatic rings. The highest BCUT2D eigenvalue weighted by Gasteiger charge is 2.33. The van der Waals surface area contributed by atoms with Crippen molar-refractivity contribution < 1.29 is 22.6 Å². The summed E-state index contributed by atoms with van der Waals surface area (Å²) in [6.07, 6.45) is 0.889. The Hall–Kier alpha value is -4.16. The van der Waals surface area contributed by atoms with Crippen molar-refractivity contribution in [2.24, 2.45) is 0 Å². The number of terminal acetylenes is 1. The average molecular weight is 499 g/mol. The summed E-state index contributed by atoms with van der Waals surface area (Å²) in [5.41, 5.74) is 0.919. The number of hydrogen-bond donors (Lipinski definition) is 2. The van der Waals surface area contributed by atoms with Gasteiger partial charge in [0, 0.05) is 28.4 Å². The maximum absolute atomic E-state index is 13.3. The van der Waals surface area contributed by atoms with Crippen LogP contribution in [0.4, 0.5) is 36.3 Å². The zero-order valence-corrected chi connectivity index (χ0v) is 19.3. The first-order valence-electron chi connectivity index (χ1n) is 10.1. The molecule has 10 heteroatoms. The average Bonchev–Trinajstić information content (AvgIpc) is 2.83. The fourth-order valence-electron chi connectivity index (χ4n) is 3.38. The molecule has 3 aromatic carbocycles. The summed E-state index contributed by atoms with van der Waals surface area (Å²) in [6, 6.07) is 13.9. The van der Waals surface area contributed by atoms with Gasteiger partial charge in [-0.1, -0.05) is 23.6 Å². The second-order valence-electron chi connectivity index (χ2n) is 7.29. The quantitative estimate of drug-likeness (QED) is 0.285. The minimum absolute atomic E-state index is 0.0516. The van der Waals surface area contributed by atoms with Gasteiger partial charge < -0.3 is 20.1 Å². The minimum atomic E-state index is -4.61. The van der Waals surface area contributed by atoms with Crippen molar-refractivity contribution in [3.05, 3.63) is 70.7 Å². The molecule has 1 aromatic heterocycles. The van der Waals surface area contributed by atoms with Crippen LogP contribution in [0.5, 0.6) is 11.5 Å². The first-order chi connectivity index (χ1) is 16.7. The van der Waals surface area contributed by atoms with Crippen LogP contribution < -0.4 is 20.1 Å². The molecule has 0 radical (unpaired) electrons. The highest BCUT2D eigenvalue weighted by molar-refractivity contribution is 6.31. The van der Waals surface area contributed by atoms with Crippen LogP contribution in [0.15, 0.2) is 54.6 Å². The molecule has 1 heterocycles. The van der Waals surface area contributed by atoms with E-state index in [0.717, 1.165) is 12.1 Å². The van der Waals surface area contributed by atoms with Crippen molar-refractivity contribution in [1.29, 1.82) is 0 Å². The van der Waals surface area contributed by atoms with E-state index < -0.39 is 16.8 Å². The van der Waals surface area contributed by atoms with Gasteiger partial charge in [-0.2, -0.15) is 18.2 Å². The highest BCUT2D eigenvalue weighted by Crippen LogP contribution is 2.38. The molecule has 178 valence electrons. The van der Waals surface area contributed by atoms with Gasteiger partial charge in [0.1, 0.15) is 5.82 Å². The summed E-state index contributed by atoms with van der Waals surface area (Å²) in [7, 11) is 2.99. The van der Waals surface area contributed by atoms with E-state index in [4.69, 9.17) is 27.5 Å². The number of rotatable bonds is 6. The van der Waals surface area contributed by atoms with Gasteiger partial charge in [0.15, 0.2) is 11.5 Å². The van der Waals surface area contributed by atoms with Crippen LogP contribution in [-0.4, -0.2) is 24.2 Å². The molecule has 35 heavy (non-hydrogen) atoms. The van der Waals surface area contributed by atoms with E-state index in [0.29, 0.717) is 39.5 Å². The lowest BCUT2D eigenvalue weighted by Gasteiger charge is -2.15. The molecule has 4 rings (SSSR count). The summed E-state index contributed by atoms with van der Waals surface area (Å²) in [6.45, 7) is 0. The van der Waals surface area contributed by atoms with Crippen molar-refractivity contribution in [3.63, 3.8) is 0 Å². The molecule has 2 N–H and O–H groups in total. The van der Waals surface area contributed by atoms with Crippen molar-refractivity contribution in [1.82, 2.24) is 9.97 Å². The topological polar surface area (TPSA) is 68.3 Å². The molecule has 0 unspecified atom stereocenters. The van der Waals surface area contributed by atoms with Crippen LogP contribution in [0.2, 0.25) is 5.02 Å². The Morgan fingerprint density at radius 2 is 1.63 bits per heavy atom. The maximum atomic E-state index is 13.3. The molecule has 0 spiro atoms. The predicted octanol–water partition coefficient (Wildman–Crippen LogP) is 6.79. The van der Waals surface area contributed by atoms with Gasteiger partial charge in [-0.25, -0.2) is 4.98 Å². The monoisotopic (exact) mass is 498 g/mol. The van der Waals surface area contributed by atoms with Crippen LogP contribution in [0.1, 0.15) is 11.1 Å². The number of halogens is 4. The summed E-state index contributed by atoms with van der Waals surface area (Å²) < 4.78 is 50.7. The van der Waals surface area contributed by atoms with Gasteiger partial charge in [-0.15, -0.1) is 6.42 Å². The number of hydrogen-bond acceptors (Lipinski definition) is 6. The lowest BCUT2D eigenvalue weighted by Crippen LogP contribution is -2.07. The van der Waals surface area contributed by atoms with Crippen molar-refractivity contribution in [2.75, 3.05) is 24.9 Å². The van der Waals surface area contributed by atoms with Gasteiger partial charge in [0.2, 0.25) is 5.95 Å². The molecule has 0 aliphatic heterocycles. The van der Waals surface area contributed by atoms with Crippen molar-refractivity contribution in [3.8, 4) is 23.8 Å². The molecule has 6 nitrogen and oxygen atoms in total. The second kappa shape index (κ2) is 9.60. The Bertz CT molecular complexity index is 1450. The Morgan fingerprint density at radius 1 is 0.914 bits per heavy atom. The molecule has 0 aliphatic carbocycles. The number of ether oxygens (including phenoxy) is 2. The number of alkyl halides is 3. The molecule has 0 saturated carbocycles. The molecular weight excluding hydrogens is 481 g/mol. The number of aromatic nitrogens is 2. The van der Waals surface area contributed by atoms with Crippen LogP contribution in [-0.2, 0) is 6.18 Å². The summed E-state index contributed by atoms with van der Waals surface area (Å²) in [5, 5.41) is 6.20. The zero-order chi connectivity index (χ0) is 25.2. The number of nitrogens with one attached hydrogen (secondary N) is 2. The Kier molecular flexibility index (Phi) is 6.58. The number of methoxy groups -OCH3 is 2. The third-order valence-corrected chi connectivity index (χ3v) is 5.35. The Balaban J connectivity index is 1.83. The van der Waals surface area contributed by atoms with Gasteiger partial charge >= 0.3 is 6.18 Å². The van der Waals surface area contributed by atoms with Crippen LogP contribution in [0, 0.1) is 12.3 Å². The van der Waals surface area contributed by atoms with Gasteiger partial charge in [0.05, 0.1) is 30.3 Å². The largest absolute Gasteiger partial charge is 0.493 e. The molecule has 4 aromatic rings. The lowest BCUT2D eigenvalue weighted by molar-refractivity contribution is -0.137. The fourth-order valence-corrected chi connectivity index (χ4v) is 3.60. The maximum Gasteiger partial charge on any atom is 0.417 e. The smallest absolute Gasteiger partial charge is 0.417 e. The normalized spacial score (nSPS) is 11.1. The van der Waals surface area contributed by atoms with Gasteiger partial charge in [-0.05, 0) is 42.5 Å². The molecule has 0 fully saturated rings. The molecule has 0 bridgehead atoms. The van der Waals surface area contributed by atoms with Crippen LogP contribution in [0.3, 0.4) is 0 Å². The summed E-state index contributed by atoms with van der Waals surface area (Å²) in [4.78, 5) is 8.96. The summed E-state index contributed by atoms with van der Waals surface area (Å²) >= 11 is 5.74. The minimum Gasteiger partial charge on any atom is -0.493 e. The Morgan fingerprint density at radius 3 is 2.31 bits per heavy atom. The number of nitrogens with zero attached hydrogens (tertiary/aromatic N) is 2. The molecule has 0 amide bonds. The first kappa shape index (κ1) is 24.0. The van der Waals surface area contributed by atoms with Gasteiger partial charge in [-0.3, -0.25) is 0 Å². The number of fused-ring (bicyclic) bond motifs is 1. The fraction of sp³-hybridized carbons (Fsp3) is 0.120. The van der Waals surface area contributed by atoms with E-state index in [9.17, 15) is 13.2 Å². The molecular formula is C25H18ClF3N4O2. The van der Waals surface area contributed by atoms with E-state index in [2.05, 4.69) is 26.5 Å². The van der Waals surface area contributed by atoms with E-state index >= 15 is 0 Å². The van der Waals surface area contributed by atoms with E-state index in [1.165, 1.54) is 20.3 Å². The third-order valence-electron chi connectivity index (χ3n) is 5.02. The highest BCUT2D eigenvalue weighted by atomic mass is 35.5. The predicted molar refractivity (Wildman–Crippen MR) is 130 cm³/mol. The summed E-state index contributed by atoms with van der Waals surface area (Å²) in [5.74, 6) is 3.87. The first-order valence-corrected chi connectivity index (χ1v) is 10.5. The van der Waals surface area contributed by atoms with E-state index in [1.54, 1.807) is 36.4 Å². The van der Waals surface area contributed by atoms with Crippen molar-refractivity contribution in [2.45, 2.75) is 6.18 Å². The molecule has 0 atom stereocenters. The van der Waals surface area contributed by atoms with E-state index in [-0.39, 0.29) is 11.6 Å². The molecule has 0 saturated heterocycles. The SMILES string of the molecule is C#Cc1cccc(Nc2nc(Nc3ccc(Cl)c(C(F)(F)F)c3)nc3cc(OC)c(OC)cc23)c1. The standard InChI is InChI=1S/C25H18ClF3N4O2/c1-4-14-6-5-7-15(10-14)30-23-17-12-21(34-2)22(35-3)13-20(17)32-24(33-23)31-16-8-9-19(26)18(11-16)25(27,28)29/h1,5-13H,2-3H3,(H2,30,31,32,33). The number of anilines is 4. The van der Waals surface area contributed by atoms with E-state index in [1.807, 2.05) is 0 Å². The second-order valence-corrected chi connectivity index (χ2v) is 7.69. The lowest BCUT2D eigenvalue weighted by atomic mass is 10.1. The number of benzene rings is 3. The van der Waals surface area contributed by atoms with Crippen LogP contribution >= 0.6 is 11.6 Å².